The Morgan fingerprint density at radius 2 is 0.645 bits per heavy atom. The number of pyridine rings is 2. The molecule has 0 aliphatic heterocycles. The number of allylic oxidation sites excluding steroid dienone is 1. The third-order valence-corrected chi connectivity index (χ3v) is 15.8. The Morgan fingerprint density at radius 3 is 1.07 bits per heavy atom. The van der Waals surface area contributed by atoms with Crippen LogP contribution in [0.2, 0.25) is 0 Å². The molecule has 15 aromatic rings. The van der Waals surface area contributed by atoms with Crippen LogP contribution in [0.15, 0.2) is 249 Å². The molecular formula is C70H46N6. The largest absolute Gasteiger partial charge is 0.305 e. The van der Waals surface area contributed by atoms with E-state index in [2.05, 4.69) is 273 Å². The molecule has 76 heavy (non-hydrogen) atoms. The summed E-state index contributed by atoms with van der Waals surface area (Å²) in [6, 6.07) is 88.1. The van der Waals surface area contributed by atoms with E-state index in [4.69, 9.17) is 9.97 Å². The molecular weight excluding hydrogens is 925 g/mol. The second kappa shape index (κ2) is 16.7. The molecule has 0 bridgehead atoms. The topological polar surface area (TPSA) is 45.5 Å². The maximum absolute atomic E-state index is 6.44. The summed E-state index contributed by atoms with van der Waals surface area (Å²) < 4.78 is 9.96. The van der Waals surface area contributed by atoms with Gasteiger partial charge in [0.05, 0.1) is 55.7 Å². The molecule has 0 N–H and O–H groups in total. The Kier molecular flexibility index (Phi) is 9.36. The van der Waals surface area contributed by atoms with Gasteiger partial charge in [-0.15, -0.1) is 0 Å². The third kappa shape index (κ3) is 6.22. The molecule has 6 heterocycles. The quantitative estimate of drug-likeness (QED) is 0.160. The SMILES string of the molecule is C1=Cc2c(c3ccccc3n2-c2nc(-n3c4ccccc4c4ccccc43)c(-n3c4ccccc4c4ccccc43)c(-c3cc(-c4ccccc4)nc(-c4ccccc4)c3)c2-n2c3ccccc3c3ccccc32)CC1. The minimum absolute atomic E-state index is 0.809. The van der Waals surface area contributed by atoms with Gasteiger partial charge >= 0.3 is 0 Å². The predicted octanol–water partition coefficient (Wildman–Crippen LogP) is 17.7. The Morgan fingerprint density at radius 1 is 0.303 bits per heavy atom. The zero-order valence-corrected chi connectivity index (χ0v) is 41.3. The Hall–Kier alpha value is -10.0. The van der Waals surface area contributed by atoms with E-state index in [0.29, 0.717) is 0 Å². The van der Waals surface area contributed by atoms with Gasteiger partial charge < -0.3 is 9.13 Å². The van der Waals surface area contributed by atoms with Gasteiger partial charge in [-0.2, -0.15) is 0 Å². The first-order chi connectivity index (χ1) is 37.8. The van der Waals surface area contributed by atoms with Gasteiger partial charge in [-0.3, -0.25) is 9.13 Å². The zero-order valence-electron chi connectivity index (χ0n) is 41.3. The van der Waals surface area contributed by atoms with Crippen molar-refractivity contribution in [1.82, 2.24) is 28.2 Å². The number of benzene rings is 9. The molecule has 0 saturated carbocycles. The highest BCUT2D eigenvalue weighted by Crippen LogP contribution is 2.50. The molecule has 6 heteroatoms. The third-order valence-electron chi connectivity index (χ3n) is 15.8. The van der Waals surface area contributed by atoms with Crippen molar-refractivity contribution < 1.29 is 0 Å². The Balaban J connectivity index is 1.24. The molecule has 1 aliphatic rings. The monoisotopic (exact) mass is 970 g/mol. The van der Waals surface area contributed by atoms with Crippen LogP contribution in [0.5, 0.6) is 0 Å². The minimum atomic E-state index is 0.809. The highest BCUT2D eigenvalue weighted by Gasteiger charge is 2.33. The van der Waals surface area contributed by atoms with E-state index in [9.17, 15) is 0 Å². The first-order valence-electron chi connectivity index (χ1n) is 26.2. The van der Waals surface area contributed by atoms with Gasteiger partial charge in [0.15, 0.2) is 11.6 Å². The van der Waals surface area contributed by atoms with E-state index in [1.165, 1.54) is 32.5 Å². The molecule has 0 spiro atoms. The highest BCUT2D eigenvalue weighted by atomic mass is 15.2. The van der Waals surface area contributed by atoms with Crippen molar-refractivity contribution in [2.75, 3.05) is 0 Å². The van der Waals surface area contributed by atoms with E-state index >= 15 is 0 Å². The van der Waals surface area contributed by atoms with E-state index in [0.717, 1.165) is 125 Å². The molecule has 0 saturated heterocycles. The van der Waals surface area contributed by atoms with Crippen LogP contribution in [0.3, 0.4) is 0 Å². The lowest BCUT2D eigenvalue weighted by Gasteiger charge is -2.27. The Bertz CT molecular complexity index is 4650. The fourth-order valence-corrected chi connectivity index (χ4v) is 12.6. The number of nitrogens with zero attached hydrogens (tertiary/aromatic N) is 6. The summed E-state index contributed by atoms with van der Waals surface area (Å²) in [5.41, 5.74) is 17.9. The average molecular weight is 971 g/mol. The van der Waals surface area contributed by atoms with Crippen LogP contribution in [0, 0.1) is 0 Å². The van der Waals surface area contributed by atoms with E-state index < -0.39 is 0 Å². The van der Waals surface area contributed by atoms with Gasteiger partial charge in [0.25, 0.3) is 0 Å². The maximum atomic E-state index is 6.44. The number of aryl methyl sites for hydroxylation is 1. The highest BCUT2D eigenvalue weighted by molar-refractivity contribution is 6.15. The minimum Gasteiger partial charge on any atom is -0.305 e. The molecule has 356 valence electrons. The van der Waals surface area contributed by atoms with E-state index in [1.54, 1.807) is 0 Å². The fraction of sp³-hybridized carbons (Fsp3) is 0.0286. The van der Waals surface area contributed by atoms with Crippen molar-refractivity contribution in [2.24, 2.45) is 0 Å². The van der Waals surface area contributed by atoms with Crippen LogP contribution in [0.25, 0.3) is 139 Å². The lowest BCUT2D eigenvalue weighted by Crippen LogP contribution is -2.17. The van der Waals surface area contributed by atoms with Crippen LogP contribution in [-0.2, 0) is 6.42 Å². The summed E-state index contributed by atoms with van der Waals surface area (Å²) >= 11 is 0. The van der Waals surface area contributed by atoms with Crippen molar-refractivity contribution in [1.29, 1.82) is 0 Å². The molecule has 0 amide bonds. The molecule has 9 aromatic carbocycles. The molecule has 1 aliphatic carbocycles. The van der Waals surface area contributed by atoms with E-state index in [1.807, 2.05) is 0 Å². The van der Waals surface area contributed by atoms with Crippen LogP contribution in [0.1, 0.15) is 17.7 Å². The van der Waals surface area contributed by atoms with E-state index in [-0.39, 0.29) is 0 Å². The lowest BCUT2D eigenvalue weighted by atomic mass is 9.96. The van der Waals surface area contributed by atoms with Crippen molar-refractivity contribution >= 4 is 82.4 Å². The number of fused-ring (bicyclic) bond motifs is 12. The molecule has 6 aromatic heterocycles. The number of hydrogen-bond donors (Lipinski definition) is 0. The summed E-state index contributed by atoms with van der Waals surface area (Å²) in [5.74, 6) is 1.63. The summed E-state index contributed by atoms with van der Waals surface area (Å²) in [6.45, 7) is 0. The normalized spacial score (nSPS) is 12.6. The molecule has 0 radical (unpaired) electrons. The summed E-state index contributed by atoms with van der Waals surface area (Å²) in [7, 11) is 0. The van der Waals surface area contributed by atoms with Gasteiger partial charge in [-0.25, -0.2) is 9.97 Å². The van der Waals surface area contributed by atoms with Crippen LogP contribution < -0.4 is 0 Å². The van der Waals surface area contributed by atoms with Crippen molar-refractivity contribution in [3.63, 3.8) is 0 Å². The number of rotatable bonds is 7. The van der Waals surface area contributed by atoms with Crippen LogP contribution in [0.4, 0.5) is 0 Å². The Labute approximate surface area is 437 Å². The summed E-state index contributed by atoms with van der Waals surface area (Å²) in [6.07, 6.45) is 6.58. The zero-order chi connectivity index (χ0) is 49.8. The summed E-state index contributed by atoms with van der Waals surface area (Å²) in [4.78, 5) is 12.0. The molecule has 0 atom stereocenters. The number of para-hydroxylation sites is 7. The van der Waals surface area contributed by atoms with Gasteiger partial charge in [0.1, 0.15) is 11.4 Å². The summed E-state index contributed by atoms with van der Waals surface area (Å²) in [5, 5.41) is 8.24. The van der Waals surface area contributed by atoms with Crippen LogP contribution in [-0.4, -0.2) is 28.2 Å². The second-order valence-corrected chi connectivity index (χ2v) is 20.0. The van der Waals surface area contributed by atoms with Crippen molar-refractivity contribution in [3.05, 3.63) is 260 Å². The smallest absolute Gasteiger partial charge is 0.165 e. The molecule has 6 nitrogen and oxygen atoms in total. The average Bonchev–Trinajstić information content (AvgIpc) is 4.41. The molecule has 0 unspecified atom stereocenters. The lowest BCUT2D eigenvalue weighted by molar-refractivity contribution is 0.920. The first-order valence-corrected chi connectivity index (χ1v) is 26.2. The first kappa shape index (κ1) is 42.5. The van der Waals surface area contributed by atoms with Crippen molar-refractivity contribution in [2.45, 2.75) is 12.8 Å². The predicted molar refractivity (Wildman–Crippen MR) is 316 cm³/mol. The number of aromatic nitrogens is 6. The number of hydrogen-bond acceptors (Lipinski definition) is 2. The van der Waals surface area contributed by atoms with Gasteiger partial charge in [-0.1, -0.05) is 194 Å². The van der Waals surface area contributed by atoms with Gasteiger partial charge in [0, 0.05) is 54.4 Å². The second-order valence-electron chi connectivity index (χ2n) is 20.0. The van der Waals surface area contributed by atoms with Gasteiger partial charge in [-0.05, 0) is 84.6 Å². The molecule has 0 fully saturated rings. The molecule has 16 rings (SSSR count). The van der Waals surface area contributed by atoms with Crippen LogP contribution >= 0.6 is 0 Å². The van der Waals surface area contributed by atoms with Crippen molar-refractivity contribution in [3.8, 4) is 56.7 Å². The standard InChI is InChI=1S/C70H46N6/c1-3-23-45(24-4-1)56-43-47(44-57(71-56)46-25-5-2-6-26-46)66-67(73-58-35-15-7-27-48(58)49-28-8-16-36-59(49)73)69(75-62-39-19-11-31-52(62)53-32-12-20-40-63(53)75)72-70(76-64-41-21-13-33-54(64)55-34-14-22-42-65(55)76)68(66)74-60-37-17-9-29-50(60)51-30-10-18-38-61(51)74/h1-13,15-33,35-44H,14,34H2. The maximum Gasteiger partial charge on any atom is 0.165 e. The fourth-order valence-electron chi connectivity index (χ4n) is 12.6. The van der Waals surface area contributed by atoms with Gasteiger partial charge in [0.2, 0.25) is 0 Å².